The lowest BCUT2D eigenvalue weighted by Crippen LogP contribution is -2.58. The topological polar surface area (TPSA) is 171 Å². The molecule has 13 nitrogen and oxygen atoms in total. The number of carboxylic acids is 1. The van der Waals surface area contributed by atoms with E-state index < -0.39 is 36.4 Å². The van der Waals surface area contributed by atoms with E-state index in [0.717, 1.165) is 5.39 Å². The number of likely N-dealkylation sites (tertiary alicyclic amines) is 1. The number of carbonyl (C=O) groups is 3. The van der Waals surface area contributed by atoms with Crippen molar-refractivity contribution in [1.82, 2.24) is 25.3 Å². The normalized spacial score (nSPS) is 19.9. The summed E-state index contributed by atoms with van der Waals surface area (Å²) >= 11 is 13.2. The van der Waals surface area contributed by atoms with E-state index in [-0.39, 0.29) is 47.7 Å². The van der Waals surface area contributed by atoms with Gasteiger partial charge in [-0.05, 0) is 41.8 Å². The van der Waals surface area contributed by atoms with Gasteiger partial charge >= 0.3 is 5.97 Å². The largest absolute Gasteiger partial charge is 0.480 e. The second kappa shape index (κ2) is 13.7. The van der Waals surface area contributed by atoms with E-state index in [9.17, 15) is 29.7 Å². The molecule has 1 fully saturated rings. The molecule has 4 atom stereocenters. The van der Waals surface area contributed by atoms with Gasteiger partial charge in [0, 0.05) is 57.8 Å². The Hall–Kier alpha value is -3.72. The number of aliphatic hydroxyl groups is 2. The summed E-state index contributed by atoms with van der Waals surface area (Å²) in [6.45, 7) is 0.656. The molecule has 5 N–H and O–H groups in total. The molecular weight excluding hydrogens is 627 g/mol. The van der Waals surface area contributed by atoms with Crippen LogP contribution in [0, 0.1) is 0 Å². The van der Waals surface area contributed by atoms with Gasteiger partial charge in [-0.25, -0.2) is 4.79 Å². The molecule has 0 spiro atoms. The monoisotopic (exact) mass is 660 g/mol. The maximum absolute atomic E-state index is 13.4. The Balaban J connectivity index is 1.29. The van der Waals surface area contributed by atoms with Crippen LogP contribution in [0.1, 0.15) is 31.8 Å². The van der Waals surface area contributed by atoms with Gasteiger partial charge < -0.3 is 34.9 Å². The summed E-state index contributed by atoms with van der Waals surface area (Å²) in [7, 11) is 3.28. The van der Waals surface area contributed by atoms with E-state index in [1.165, 1.54) is 6.34 Å². The number of β-amino-alcohol motifs (C(OH)–C–C–N with tert-alkyl or cyclic N) is 2. The molecule has 2 aromatic carbocycles. The number of nitrogens with zero attached hydrogens (tertiary/aromatic N) is 4. The quantitative estimate of drug-likeness (QED) is 0.122. The molecule has 0 aliphatic carbocycles. The van der Waals surface area contributed by atoms with Crippen LogP contribution in [0.3, 0.4) is 0 Å². The maximum atomic E-state index is 13.4. The molecule has 3 aromatic rings. The number of aliphatic carboxylic acids is 1. The van der Waals surface area contributed by atoms with Crippen molar-refractivity contribution in [2.24, 2.45) is 4.99 Å². The fraction of sp³-hybridized carbons (Fsp3) is 0.400. The molecule has 3 heterocycles. The summed E-state index contributed by atoms with van der Waals surface area (Å²) in [4.78, 5) is 47.9. The van der Waals surface area contributed by atoms with Crippen LogP contribution in [-0.4, -0.2) is 119 Å². The second-order valence-electron chi connectivity index (χ2n) is 11.1. The first kappa shape index (κ1) is 32.7. The predicted octanol–water partition coefficient (Wildman–Crippen LogP) is 1.62. The molecule has 5 rings (SSSR count). The SMILES string of the molecule is C/N=C/N(C)C(NC[C@H](NC(=O)c1c(Cl)cc2c(c1Cl)CCN(C(=O)c1ccc3ccoc3c1)C2)C(=O)O)N1C[C@@H](O)[C@H](O)C1. The Morgan fingerprint density at radius 1 is 1.18 bits per heavy atom. The highest BCUT2D eigenvalue weighted by Crippen LogP contribution is 2.35. The first-order chi connectivity index (χ1) is 21.5. The Morgan fingerprint density at radius 2 is 1.91 bits per heavy atom. The summed E-state index contributed by atoms with van der Waals surface area (Å²) in [5.41, 5.74) is 2.39. The molecule has 1 unspecified atom stereocenters. The van der Waals surface area contributed by atoms with Crippen LogP contribution in [-0.2, 0) is 17.8 Å². The summed E-state index contributed by atoms with van der Waals surface area (Å²) in [5.74, 6) is -2.24. The van der Waals surface area contributed by atoms with E-state index in [2.05, 4.69) is 15.6 Å². The van der Waals surface area contributed by atoms with Crippen molar-refractivity contribution >= 4 is 58.3 Å². The third kappa shape index (κ3) is 6.93. The molecular formula is C30H34Cl2N6O7. The molecule has 0 bridgehead atoms. The number of nitrogens with one attached hydrogen (secondary N) is 2. The summed E-state index contributed by atoms with van der Waals surface area (Å²) in [6, 6.07) is 7.28. The van der Waals surface area contributed by atoms with E-state index in [4.69, 9.17) is 27.6 Å². The number of carboxylic acid groups (broad SMARTS) is 1. The van der Waals surface area contributed by atoms with Crippen LogP contribution in [0.15, 0.2) is 46.0 Å². The summed E-state index contributed by atoms with van der Waals surface area (Å²) < 4.78 is 5.43. The van der Waals surface area contributed by atoms with Crippen molar-refractivity contribution in [3.63, 3.8) is 0 Å². The first-order valence-electron chi connectivity index (χ1n) is 14.3. The van der Waals surface area contributed by atoms with Gasteiger partial charge in [-0.1, -0.05) is 29.3 Å². The standard InChI is InChI=1S/C30H34Cl2N6O7/c1-33-15-36(2)30(38-13-22(39)23(40)14-38)34-11-21(29(43)44)35-27(41)25-20(31)9-18-12-37(7-5-19(18)26(25)32)28(42)17-4-3-16-6-8-45-24(16)10-17/h3-4,6,8-10,15,21-23,30,34,39-40H,5,7,11-14H2,1-2H3,(H,35,41)(H,43,44)/b33-15+/t21-,22+,23+,30?/m0/s1. The van der Waals surface area contributed by atoms with Gasteiger partial charge in [-0.2, -0.15) is 0 Å². The first-order valence-corrected chi connectivity index (χ1v) is 15.0. The van der Waals surface area contributed by atoms with Gasteiger partial charge in [0.1, 0.15) is 17.9 Å². The highest BCUT2D eigenvalue weighted by Gasteiger charge is 2.36. The van der Waals surface area contributed by atoms with E-state index in [1.54, 1.807) is 53.3 Å². The summed E-state index contributed by atoms with van der Waals surface area (Å²) in [6.07, 6.45) is 0.893. The van der Waals surface area contributed by atoms with Gasteiger partial charge in [0.15, 0.2) is 0 Å². The van der Waals surface area contributed by atoms with Crippen LogP contribution < -0.4 is 10.6 Å². The third-order valence-electron chi connectivity index (χ3n) is 8.05. The number of furan rings is 1. The van der Waals surface area contributed by atoms with E-state index in [1.807, 2.05) is 12.1 Å². The number of aliphatic imine (C=N–C) groups is 1. The maximum Gasteiger partial charge on any atom is 0.327 e. The smallest absolute Gasteiger partial charge is 0.327 e. The van der Waals surface area contributed by atoms with Gasteiger partial charge in [-0.3, -0.25) is 24.8 Å². The zero-order chi connectivity index (χ0) is 32.4. The number of halogens is 2. The fourth-order valence-electron chi connectivity index (χ4n) is 5.73. The number of aliphatic hydroxyl groups excluding tert-OH is 2. The van der Waals surface area contributed by atoms with Crippen molar-refractivity contribution in [3.05, 3.63) is 68.9 Å². The van der Waals surface area contributed by atoms with Crippen LogP contribution in [0.4, 0.5) is 0 Å². The third-order valence-corrected chi connectivity index (χ3v) is 8.76. The van der Waals surface area contributed by atoms with Crippen molar-refractivity contribution in [2.75, 3.05) is 40.3 Å². The lowest BCUT2D eigenvalue weighted by atomic mass is 9.96. The van der Waals surface area contributed by atoms with Crippen molar-refractivity contribution in [1.29, 1.82) is 0 Å². The van der Waals surface area contributed by atoms with Gasteiger partial charge in [-0.15, -0.1) is 0 Å². The average molecular weight is 662 g/mol. The van der Waals surface area contributed by atoms with Crippen molar-refractivity contribution in [3.8, 4) is 0 Å². The minimum absolute atomic E-state index is 0.0245. The van der Waals surface area contributed by atoms with E-state index >= 15 is 0 Å². The number of hydrogen-bond donors (Lipinski definition) is 5. The number of carbonyl (C=O) groups excluding carboxylic acids is 2. The van der Waals surface area contributed by atoms with Gasteiger partial charge in [0.05, 0.1) is 40.4 Å². The molecule has 0 saturated carbocycles. The number of rotatable bonds is 10. The van der Waals surface area contributed by atoms with Crippen LogP contribution in [0.25, 0.3) is 11.0 Å². The van der Waals surface area contributed by atoms with Crippen LogP contribution >= 0.6 is 23.2 Å². The zero-order valence-electron chi connectivity index (χ0n) is 24.6. The molecule has 2 aliphatic rings. The van der Waals surface area contributed by atoms with Crippen LogP contribution in [0.2, 0.25) is 10.0 Å². The van der Waals surface area contributed by atoms with Crippen molar-refractivity contribution < 1.29 is 34.1 Å². The highest BCUT2D eigenvalue weighted by atomic mass is 35.5. The molecule has 1 aromatic heterocycles. The number of hydrogen-bond acceptors (Lipinski definition) is 9. The molecule has 2 aliphatic heterocycles. The van der Waals surface area contributed by atoms with E-state index in [0.29, 0.717) is 35.2 Å². The minimum Gasteiger partial charge on any atom is -0.480 e. The van der Waals surface area contributed by atoms with Crippen LogP contribution in [0.5, 0.6) is 0 Å². The molecule has 45 heavy (non-hydrogen) atoms. The number of amides is 2. The highest BCUT2D eigenvalue weighted by molar-refractivity contribution is 6.40. The Labute approximate surface area is 269 Å². The van der Waals surface area contributed by atoms with Crippen molar-refractivity contribution in [2.45, 2.75) is 37.5 Å². The Morgan fingerprint density at radius 3 is 2.60 bits per heavy atom. The van der Waals surface area contributed by atoms with Gasteiger partial charge in [0.25, 0.3) is 11.8 Å². The molecule has 0 radical (unpaired) electrons. The second-order valence-corrected chi connectivity index (χ2v) is 11.9. The predicted molar refractivity (Wildman–Crippen MR) is 168 cm³/mol. The Bertz CT molecular complexity index is 1620. The zero-order valence-corrected chi connectivity index (χ0v) is 26.1. The molecule has 2 amide bonds. The fourth-order valence-corrected chi connectivity index (χ4v) is 6.50. The average Bonchev–Trinajstić information content (AvgIpc) is 3.61. The lowest BCUT2D eigenvalue weighted by Gasteiger charge is -2.35. The number of benzene rings is 2. The molecule has 15 heteroatoms. The lowest BCUT2D eigenvalue weighted by molar-refractivity contribution is -0.139. The molecule has 240 valence electrons. The number of fused-ring (bicyclic) bond motifs is 2. The minimum atomic E-state index is -1.38. The Kier molecular flexibility index (Phi) is 9.97. The molecule has 1 saturated heterocycles. The van der Waals surface area contributed by atoms with Gasteiger partial charge in [0.2, 0.25) is 0 Å². The summed E-state index contributed by atoms with van der Waals surface area (Å²) in [5, 5.41) is 36.6.